The molecule has 8 heteroatoms. The Bertz CT molecular complexity index is 718. The first kappa shape index (κ1) is 25.1. The smallest absolute Gasteiger partial charge is 0.275 e. The maximum atomic E-state index is 12.6. The number of hydrogen-bond donors (Lipinski definition) is 2. The van der Waals surface area contributed by atoms with Crippen LogP contribution in [0.5, 0.6) is 5.75 Å². The Kier molecular flexibility index (Phi) is 10.2. The summed E-state index contributed by atoms with van der Waals surface area (Å²) < 4.78 is 5.69. The van der Waals surface area contributed by atoms with Gasteiger partial charge in [0.05, 0.1) is 23.2 Å². The number of ether oxygens (including phenoxy) is 1. The Morgan fingerprint density at radius 3 is 2.55 bits per heavy atom. The van der Waals surface area contributed by atoms with Crippen LogP contribution in [0.15, 0.2) is 18.2 Å². The Morgan fingerprint density at radius 1 is 1.23 bits per heavy atom. The molecule has 1 aromatic carbocycles. The van der Waals surface area contributed by atoms with Gasteiger partial charge in [-0.1, -0.05) is 26.2 Å². The van der Waals surface area contributed by atoms with Gasteiger partial charge >= 0.3 is 0 Å². The fraction of sp³-hybridized carbons (Fsp3) is 0.696. The summed E-state index contributed by atoms with van der Waals surface area (Å²) in [7, 11) is 0. The molecule has 1 aliphatic rings. The molecule has 0 aliphatic heterocycles. The van der Waals surface area contributed by atoms with Crippen molar-refractivity contribution in [3.8, 4) is 5.75 Å². The van der Waals surface area contributed by atoms with Crippen LogP contribution in [0.2, 0.25) is 0 Å². The zero-order valence-corrected chi connectivity index (χ0v) is 18.7. The molecule has 1 fully saturated rings. The summed E-state index contributed by atoms with van der Waals surface area (Å²) in [6, 6.07) is 4.58. The first-order chi connectivity index (χ1) is 14.8. The lowest BCUT2D eigenvalue weighted by atomic mass is 9.93. The molecule has 0 radical (unpaired) electrons. The van der Waals surface area contributed by atoms with Crippen LogP contribution in [0.25, 0.3) is 0 Å². The van der Waals surface area contributed by atoms with Crippen molar-refractivity contribution in [3.05, 3.63) is 33.9 Å². The number of hydrogen-bond acceptors (Lipinski definition) is 6. The van der Waals surface area contributed by atoms with Gasteiger partial charge in [0.15, 0.2) is 0 Å². The molecule has 31 heavy (non-hydrogen) atoms. The van der Waals surface area contributed by atoms with Gasteiger partial charge in [0.2, 0.25) is 5.91 Å². The van der Waals surface area contributed by atoms with Crippen molar-refractivity contribution in [2.24, 2.45) is 0 Å². The second-order valence-electron chi connectivity index (χ2n) is 8.29. The fourth-order valence-corrected chi connectivity index (χ4v) is 4.23. The van der Waals surface area contributed by atoms with E-state index in [1.807, 2.05) is 0 Å². The van der Waals surface area contributed by atoms with E-state index in [2.05, 4.69) is 0 Å². The van der Waals surface area contributed by atoms with E-state index < -0.39 is 17.3 Å². The van der Waals surface area contributed by atoms with Crippen molar-refractivity contribution < 1.29 is 24.7 Å². The maximum absolute atomic E-state index is 12.6. The Hall–Kier alpha value is -2.19. The van der Waals surface area contributed by atoms with Gasteiger partial charge < -0.3 is 19.8 Å². The highest BCUT2D eigenvalue weighted by Gasteiger charge is 2.28. The summed E-state index contributed by atoms with van der Waals surface area (Å²) in [5.41, 5.74) is 0.150. The Balaban J connectivity index is 1.76. The number of benzene rings is 1. The minimum absolute atomic E-state index is 0.0105. The lowest BCUT2D eigenvalue weighted by Gasteiger charge is -2.36. The summed E-state index contributed by atoms with van der Waals surface area (Å²) in [5, 5.41) is 31.2. The molecule has 0 saturated heterocycles. The van der Waals surface area contributed by atoms with Crippen molar-refractivity contribution in [2.45, 2.75) is 96.4 Å². The number of nitro benzene ring substituents is 1. The molecule has 2 atom stereocenters. The number of amides is 1. The Labute approximate surface area is 184 Å². The van der Waals surface area contributed by atoms with E-state index in [0.717, 1.165) is 44.9 Å². The van der Waals surface area contributed by atoms with Crippen molar-refractivity contribution in [3.63, 3.8) is 0 Å². The summed E-state index contributed by atoms with van der Waals surface area (Å²) in [6.07, 6.45) is 6.75. The van der Waals surface area contributed by atoms with Crippen LogP contribution in [-0.4, -0.2) is 44.8 Å². The molecule has 1 saturated carbocycles. The lowest BCUT2D eigenvalue weighted by molar-refractivity contribution is -0.386. The second-order valence-corrected chi connectivity index (χ2v) is 8.29. The molecule has 0 heterocycles. The number of aliphatic hydroxyl groups is 2. The van der Waals surface area contributed by atoms with Crippen LogP contribution in [0.1, 0.15) is 89.7 Å². The van der Waals surface area contributed by atoms with Gasteiger partial charge in [-0.2, -0.15) is 0 Å². The monoisotopic (exact) mass is 436 g/mol. The van der Waals surface area contributed by atoms with Crippen LogP contribution in [0.3, 0.4) is 0 Å². The molecule has 0 spiro atoms. The molecule has 2 rings (SSSR count). The van der Waals surface area contributed by atoms with Gasteiger partial charge in [0.25, 0.3) is 5.69 Å². The van der Waals surface area contributed by atoms with Crippen LogP contribution in [-0.2, 0) is 4.79 Å². The molecule has 1 amide bonds. The van der Waals surface area contributed by atoms with Crippen molar-refractivity contribution in [1.29, 1.82) is 0 Å². The van der Waals surface area contributed by atoms with Crippen LogP contribution in [0, 0.1) is 10.1 Å². The molecule has 174 valence electrons. The van der Waals surface area contributed by atoms with Gasteiger partial charge in [-0.25, -0.2) is 0 Å². The highest BCUT2D eigenvalue weighted by molar-refractivity contribution is 5.76. The highest BCUT2D eigenvalue weighted by atomic mass is 16.6. The number of rotatable bonds is 12. The molecule has 0 aromatic heterocycles. The summed E-state index contributed by atoms with van der Waals surface area (Å²) in [5.74, 6) is 0.498. The largest absolute Gasteiger partial charge is 0.494 e. The first-order valence-corrected chi connectivity index (χ1v) is 11.4. The van der Waals surface area contributed by atoms with E-state index in [1.54, 1.807) is 18.7 Å². The number of nitrogens with zero attached hydrogens (tertiary/aromatic N) is 2. The third-order valence-electron chi connectivity index (χ3n) is 5.90. The zero-order chi connectivity index (χ0) is 22.8. The van der Waals surface area contributed by atoms with Crippen molar-refractivity contribution in [2.75, 3.05) is 6.61 Å². The molecule has 0 bridgehead atoms. The van der Waals surface area contributed by atoms with Crippen LogP contribution in [0.4, 0.5) is 5.69 Å². The third-order valence-corrected chi connectivity index (χ3v) is 5.90. The normalized spacial score (nSPS) is 16.5. The molecule has 1 aliphatic carbocycles. The van der Waals surface area contributed by atoms with E-state index >= 15 is 0 Å². The quantitative estimate of drug-likeness (QED) is 0.216. The molecule has 2 unspecified atom stereocenters. The predicted octanol–water partition coefficient (Wildman–Crippen LogP) is 4.48. The number of carbonyl (C=O) groups excluding carboxylic acids is 1. The van der Waals surface area contributed by atoms with Crippen molar-refractivity contribution >= 4 is 11.6 Å². The molecule has 2 N–H and O–H groups in total. The minimum atomic E-state index is -0.906. The Morgan fingerprint density at radius 2 is 1.94 bits per heavy atom. The fourth-order valence-electron chi connectivity index (χ4n) is 4.23. The zero-order valence-electron chi connectivity index (χ0n) is 18.7. The summed E-state index contributed by atoms with van der Waals surface area (Å²) in [6.45, 7) is 3.85. The summed E-state index contributed by atoms with van der Waals surface area (Å²) >= 11 is 0. The van der Waals surface area contributed by atoms with Gasteiger partial charge in [-0.3, -0.25) is 14.9 Å². The number of nitro groups is 1. The average molecular weight is 437 g/mol. The number of aliphatic hydroxyl groups excluding tert-OH is 2. The van der Waals surface area contributed by atoms with E-state index in [-0.39, 0.29) is 23.2 Å². The lowest BCUT2D eigenvalue weighted by Crippen LogP contribution is -2.46. The van der Waals surface area contributed by atoms with Crippen molar-refractivity contribution in [1.82, 2.24) is 4.90 Å². The van der Waals surface area contributed by atoms with Gasteiger partial charge in [-0.05, 0) is 57.6 Å². The molecule has 1 aromatic rings. The third kappa shape index (κ3) is 7.47. The maximum Gasteiger partial charge on any atom is 0.275 e. The van der Waals surface area contributed by atoms with E-state index in [9.17, 15) is 25.1 Å². The van der Waals surface area contributed by atoms with Gasteiger partial charge in [-0.15, -0.1) is 0 Å². The van der Waals surface area contributed by atoms with E-state index in [1.165, 1.54) is 24.6 Å². The van der Waals surface area contributed by atoms with Gasteiger partial charge in [0, 0.05) is 18.5 Å². The summed E-state index contributed by atoms with van der Waals surface area (Å²) in [4.78, 5) is 24.9. The van der Waals surface area contributed by atoms with E-state index in [0.29, 0.717) is 25.2 Å². The number of unbranched alkanes of at least 4 members (excludes halogenated alkanes) is 2. The average Bonchev–Trinajstić information content (AvgIpc) is 2.75. The predicted molar refractivity (Wildman–Crippen MR) is 118 cm³/mol. The highest BCUT2D eigenvalue weighted by Crippen LogP contribution is 2.31. The second kappa shape index (κ2) is 12.6. The van der Waals surface area contributed by atoms with Crippen LogP contribution < -0.4 is 4.74 Å². The standard InChI is InChI=1S/C23H36N2O6/c1-3-22(27)20-16-19(13-14-21(20)25(29)30)31-15-9-5-8-12-23(28)24(17(2)26)18-10-6-4-7-11-18/h13-14,16-18,22,26-27H,3-12,15H2,1-2H3. The molecular weight excluding hydrogens is 400 g/mol. The minimum Gasteiger partial charge on any atom is -0.494 e. The SMILES string of the molecule is CCC(O)c1cc(OCCCCCC(=O)N(C(C)O)C2CCCCC2)ccc1[N+](=O)[O-]. The van der Waals surface area contributed by atoms with Gasteiger partial charge in [0.1, 0.15) is 12.0 Å². The molecule has 8 nitrogen and oxygen atoms in total. The van der Waals surface area contributed by atoms with E-state index in [4.69, 9.17) is 4.74 Å². The topological polar surface area (TPSA) is 113 Å². The number of carbonyl (C=O) groups is 1. The molecular formula is C23H36N2O6. The first-order valence-electron chi connectivity index (χ1n) is 11.4. The van der Waals surface area contributed by atoms with Crippen LogP contribution >= 0.6 is 0 Å².